The largest absolute Gasteiger partial charge is 0.352 e. The molecule has 0 aromatic heterocycles. The van der Waals surface area contributed by atoms with Crippen molar-refractivity contribution in [1.29, 1.82) is 0 Å². The predicted octanol–water partition coefficient (Wildman–Crippen LogP) is 1.63. The van der Waals surface area contributed by atoms with Crippen LogP contribution in [0, 0.1) is 5.92 Å². The summed E-state index contributed by atoms with van der Waals surface area (Å²) in [5, 5.41) is 6.48. The number of amides is 1. The summed E-state index contributed by atoms with van der Waals surface area (Å²) in [5.41, 5.74) is 0. The molecule has 0 saturated carbocycles. The van der Waals surface area contributed by atoms with Gasteiger partial charge in [0.05, 0.1) is 5.75 Å². The Kier molecular flexibility index (Phi) is 5.12. The second-order valence-corrected chi connectivity index (χ2v) is 7.35. The first kappa shape index (κ1) is 13.8. The van der Waals surface area contributed by atoms with Gasteiger partial charge in [0.2, 0.25) is 5.91 Å². The molecule has 0 radical (unpaired) electrons. The minimum atomic E-state index is 0.164. The Bertz CT molecular complexity index is 238. The van der Waals surface area contributed by atoms with Gasteiger partial charge in [0.1, 0.15) is 0 Å². The molecule has 1 heterocycles. The molecule has 1 aliphatic rings. The zero-order valence-corrected chi connectivity index (χ0v) is 11.6. The summed E-state index contributed by atoms with van der Waals surface area (Å²) in [7, 11) is 0. The third-order valence-corrected chi connectivity index (χ3v) is 4.04. The molecule has 3 nitrogen and oxygen atoms in total. The van der Waals surface area contributed by atoms with Crippen LogP contribution in [0.5, 0.6) is 0 Å². The maximum Gasteiger partial charge on any atom is 0.230 e. The lowest BCUT2D eigenvalue weighted by molar-refractivity contribution is -0.119. The number of rotatable bonds is 3. The van der Waals surface area contributed by atoms with E-state index in [0.29, 0.717) is 17.7 Å². The van der Waals surface area contributed by atoms with Gasteiger partial charge in [0.15, 0.2) is 0 Å². The highest BCUT2D eigenvalue weighted by Crippen LogP contribution is 2.22. The van der Waals surface area contributed by atoms with Crippen LogP contribution in [0.2, 0.25) is 0 Å². The van der Waals surface area contributed by atoms with Gasteiger partial charge < -0.3 is 10.6 Å². The van der Waals surface area contributed by atoms with Crippen molar-refractivity contribution < 1.29 is 4.79 Å². The Morgan fingerprint density at radius 3 is 2.75 bits per heavy atom. The minimum Gasteiger partial charge on any atom is -0.352 e. The van der Waals surface area contributed by atoms with Crippen molar-refractivity contribution in [2.45, 2.75) is 44.9 Å². The first-order valence-corrected chi connectivity index (χ1v) is 7.01. The van der Waals surface area contributed by atoms with Crippen molar-refractivity contribution in [3.05, 3.63) is 0 Å². The van der Waals surface area contributed by atoms with Crippen LogP contribution in [0.3, 0.4) is 0 Å². The molecule has 2 atom stereocenters. The average molecular weight is 244 g/mol. The fraction of sp³-hybridized carbons (Fsp3) is 0.917. The summed E-state index contributed by atoms with van der Waals surface area (Å²) < 4.78 is 0.164. The van der Waals surface area contributed by atoms with Crippen molar-refractivity contribution >= 4 is 17.7 Å². The van der Waals surface area contributed by atoms with Crippen molar-refractivity contribution in [2.75, 3.05) is 18.8 Å². The molecule has 0 bridgehead atoms. The monoisotopic (exact) mass is 244 g/mol. The number of carbonyl (C=O) groups is 1. The standard InChI is InChI=1S/C12H24N2OS/c1-9-7-13-6-5-10(9)14-11(15)8-16-12(2,3)4/h9-10,13H,5-8H2,1-4H3,(H,14,15). The average Bonchev–Trinajstić information content (AvgIpc) is 2.18. The number of hydrogen-bond donors (Lipinski definition) is 2. The second-order valence-electron chi connectivity index (χ2n) is 5.55. The lowest BCUT2D eigenvalue weighted by atomic mass is 9.95. The summed E-state index contributed by atoms with van der Waals surface area (Å²) in [5.74, 6) is 1.29. The maximum absolute atomic E-state index is 11.8. The van der Waals surface area contributed by atoms with E-state index in [1.54, 1.807) is 11.8 Å². The molecule has 0 aromatic rings. The molecular formula is C12H24N2OS. The Labute approximate surface area is 103 Å². The summed E-state index contributed by atoms with van der Waals surface area (Å²) in [4.78, 5) is 11.8. The van der Waals surface area contributed by atoms with Crippen molar-refractivity contribution in [3.63, 3.8) is 0 Å². The number of hydrogen-bond acceptors (Lipinski definition) is 3. The zero-order valence-electron chi connectivity index (χ0n) is 10.8. The first-order chi connectivity index (χ1) is 7.38. The van der Waals surface area contributed by atoms with E-state index in [4.69, 9.17) is 0 Å². The topological polar surface area (TPSA) is 41.1 Å². The van der Waals surface area contributed by atoms with Crippen LogP contribution in [-0.2, 0) is 4.79 Å². The molecule has 1 amide bonds. The van der Waals surface area contributed by atoms with Crippen LogP contribution in [0.15, 0.2) is 0 Å². The summed E-state index contributed by atoms with van der Waals surface area (Å²) in [6.07, 6.45) is 1.05. The molecular weight excluding hydrogens is 220 g/mol. The predicted molar refractivity (Wildman–Crippen MR) is 70.8 cm³/mol. The first-order valence-electron chi connectivity index (χ1n) is 6.02. The molecule has 1 fully saturated rings. The van der Waals surface area contributed by atoms with Gasteiger partial charge >= 0.3 is 0 Å². The fourth-order valence-corrected chi connectivity index (χ4v) is 2.41. The third-order valence-electron chi connectivity index (χ3n) is 2.77. The van der Waals surface area contributed by atoms with Gasteiger partial charge in [-0.05, 0) is 25.4 Å². The molecule has 2 unspecified atom stereocenters. The van der Waals surface area contributed by atoms with Crippen molar-refractivity contribution in [3.8, 4) is 0 Å². The highest BCUT2D eigenvalue weighted by atomic mass is 32.2. The molecule has 1 aliphatic heterocycles. The third kappa shape index (κ3) is 5.21. The fourth-order valence-electron chi connectivity index (χ4n) is 1.76. The summed E-state index contributed by atoms with van der Waals surface area (Å²) in [6.45, 7) is 10.6. The van der Waals surface area contributed by atoms with Gasteiger partial charge in [0, 0.05) is 10.8 Å². The number of piperidine rings is 1. The van der Waals surface area contributed by atoms with Gasteiger partial charge in [0.25, 0.3) is 0 Å². The van der Waals surface area contributed by atoms with Gasteiger partial charge in [-0.15, -0.1) is 11.8 Å². The van der Waals surface area contributed by atoms with E-state index in [2.05, 4.69) is 38.3 Å². The molecule has 16 heavy (non-hydrogen) atoms. The quantitative estimate of drug-likeness (QED) is 0.793. The Morgan fingerprint density at radius 1 is 1.50 bits per heavy atom. The zero-order chi connectivity index (χ0) is 12.2. The SMILES string of the molecule is CC1CNCCC1NC(=O)CSC(C)(C)C. The van der Waals surface area contributed by atoms with Crippen LogP contribution < -0.4 is 10.6 Å². The molecule has 94 valence electrons. The van der Waals surface area contributed by atoms with Crippen LogP contribution in [0.4, 0.5) is 0 Å². The van der Waals surface area contributed by atoms with E-state index < -0.39 is 0 Å². The number of thioether (sulfide) groups is 1. The lowest BCUT2D eigenvalue weighted by Crippen LogP contribution is -2.49. The summed E-state index contributed by atoms with van der Waals surface area (Å²) >= 11 is 1.70. The van der Waals surface area contributed by atoms with Crippen molar-refractivity contribution in [1.82, 2.24) is 10.6 Å². The molecule has 0 aliphatic carbocycles. The maximum atomic E-state index is 11.8. The normalized spacial score (nSPS) is 26.5. The molecule has 1 rings (SSSR count). The van der Waals surface area contributed by atoms with E-state index in [1.165, 1.54) is 0 Å². The van der Waals surface area contributed by atoms with E-state index in [9.17, 15) is 4.79 Å². The Balaban J connectivity index is 2.28. The van der Waals surface area contributed by atoms with Gasteiger partial charge in [-0.25, -0.2) is 0 Å². The van der Waals surface area contributed by atoms with Gasteiger partial charge in [-0.2, -0.15) is 0 Å². The highest BCUT2D eigenvalue weighted by Gasteiger charge is 2.23. The molecule has 2 N–H and O–H groups in total. The molecule has 0 aromatic carbocycles. The van der Waals surface area contributed by atoms with E-state index >= 15 is 0 Å². The Morgan fingerprint density at radius 2 is 2.19 bits per heavy atom. The Hall–Kier alpha value is -0.220. The molecule has 1 saturated heterocycles. The smallest absolute Gasteiger partial charge is 0.230 e. The van der Waals surface area contributed by atoms with E-state index in [0.717, 1.165) is 19.5 Å². The summed E-state index contributed by atoms with van der Waals surface area (Å²) in [6, 6.07) is 0.356. The molecule has 4 heteroatoms. The van der Waals surface area contributed by atoms with Crippen LogP contribution in [0.25, 0.3) is 0 Å². The van der Waals surface area contributed by atoms with Gasteiger partial charge in [-0.1, -0.05) is 27.7 Å². The lowest BCUT2D eigenvalue weighted by Gasteiger charge is -2.30. The van der Waals surface area contributed by atoms with Crippen LogP contribution in [0.1, 0.15) is 34.1 Å². The molecule has 0 spiro atoms. The van der Waals surface area contributed by atoms with E-state index in [1.807, 2.05) is 0 Å². The van der Waals surface area contributed by atoms with E-state index in [-0.39, 0.29) is 10.7 Å². The number of nitrogens with one attached hydrogen (secondary N) is 2. The minimum absolute atomic E-state index is 0.164. The number of carbonyl (C=O) groups excluding carboxylic acids is 1. The van der Waals surface area contributed by atoms with Gasteiger partial charge in [-0.3, -0.25) is 4.79 Å². The van der Waals surface area contributed by atoms with Crippen LogP contribution >= 0.6 is 11.8 Å². The van der Waals surface area contributed by atoms with Crippen LogP contribution in [-0.4, -0.2) is 35.5 Å². The second kappa shape index (κ2) is 5.92. The highest BCUT2D eigenvalue weighted by molar-refractivity contribution is 8.01. The van der Waals surface area contributed by atoms with Crippen molar-refractivity contribution in [2.24, 2.45) is 5.92 Å².